The van der Waals surface area contributed by atoms with Crippen LogP contribution in [0.1, 0.15) is 27.0 Å². The molecule has 124 valence electrons. The Hall–Kier alpha value is -2.82. The van der Waals surface area contributed by atoms with Gasteiger partial charge in [-0.2, -0.15) is 0 Å². The van der Waals surface area contributed by atoms with Gasteiger partial charge in [0.1, 0.15) is 0 Å². The van der Waals surface area contributed by atoms with E-state index in [2.05, 4.69) is 22.8 Å². The van der Waals surface area contributed by atoms with Crippen molar-refractivity contribution in [3.05, 3.63) is 70.8 Å². The van der Waals surface area contributed by atoms with Gasteiger partial charge in [-0.15, -0.1) is 0 Å². The summed E-state index contributed by atoms with van der Waals surface area (Å²) >= 11 is 0. The van der Waals surface area contributed by atoms with Crippen molar-refractivity contribution in [2.75, 3.05) is 13.6 Å². The Balaban J connectivity index is 1.55. The third kappa shape index (κ3) is 3.56. The molecule has 3 rings (SSSR count). The van der Waals surface area contributed by atoms with Gasteiger partial charge in [-0.3, -0.25) is 4.79 Å². The number of hydrogen-bond acceptors (Lipinski definition) is 2. The molecule has 0 fully saturated rings. The van der Waals surface area contributed by atoms with Crippen molar-refractivity contribution < 1.29 is 9.59 Å². The number of rotatable bonds is 3. The molecule has 0 aliphatic carbocycles. The molecule has 2 N–H and O–H groups in total. The highest BCUT2D eigenvalue weighted by Gasteiger charge is 2.19. The first kappa shape index (κ1) is 16.1. The average Bonchev–Trinajstić information content (AvgIpc) is 2.65. The zero-order valence-corrected chi connectivity index (χ0v) is 13.7. The zero-order valence-electron chi connectivity index (χ0n) is 13.7. The molecular formula is C19H21N3O2. The van der Waals surface area contributed by atoms with E-state index < -0.39 is 0 Å². The topological polar surface area (TPSA) is 61.4 Å². The predicted molar refractivity (Wildman–Crippen MR) is 92.6 cm³/mol. The fourth-order valence-electron chi connectivity index (χ4n) is 2.88. The highest BCUT2D eigenvalue weighted by molar-refractivity contribution is 5.93. The van der Waals surface area contributed by atoms with E-state index in [0.717, 1.165) is 18.5 Å². The molecule has 0 spiro atoms. The summed E-state index contributed by atoms with van der Waals surface area (Å²) in [5.41, 5.74) is 4.12. The second kappa shape index (κ2) is 7.17. The Bertz CT molecular complexity index is 741. The van der Waals surface area contributed by atoms with E-state index in [9.17, 15) is 9.59 Å². The van der Waals surface area contributed by atoms with Crippen LogP contribution in [0.5, 0.6) is 0 Å². The van der Waals surface area contributed by atoms with Crippen LogP contribution in [0, 0.1) is 0 Å². The number of nitrogens with zero attached hydrogens (tertiary/aromatic N) is 1. The molecule has 1 heterocycles. The maximum absolute atomic E-state index is 12.4. The Morgan fingerprint density at radius 3 is 2.46 bits per heavy atom. The maximum Gasteiger partial charge on any atom is 0.317 e. The van der Waals surface area contributed by atoms with Crippen LogP contribution in [-0.2, 0) is 19.5 Å². The fourth-order valence-corrected chi connectivity index (χ4v) is 2.88. The average molecular weight is 323 g/mol. The van der Waals surface area contributed by atoms with Crippen molar-refractivity contribution in [2.45, 2.75) is 19.5 Å². The molecule has 0 radical (unpaired) electrons. The normalized spacial score (nSPS) is 13.1. The maximum atomic E-state index is 12.4. The number of benzene rings is 2. The smallest absolute Gasteiger partial charge is 0.317 e. The van der Waals surface area contributed by atoms with Crippen molar-refractivity contribution in [3.8, 4) is 0 Å². The summed E-state index contributed by atoms with van der Waals surface area (Å²) in [4.78, 5) is 25.7. The highest BCUT2D eigenvalue weighted by atomic mass is 16.2. The third-order valence-electron chi connectivity index (χ3n) is 4.30. The fraction of sp³-hybridized carbons (Fsp3) is 0.263. The summed E-state index contributed by atoms with van der Waals surface area (Å²) in [6.45, 7) is 1.83. The SMILES string of the molecule is CNC(=O)c1ccc(CNC(=O)N2CCc3ccccc3C2)cc1. The molecule has 0 saturated carbocycles. The molecule has 0 saturated heterocycles. The quantitative estimate of drug-likeness (QED) is 0.910. The highest BCUT2D eigenvalue weighted by Crippen LogP contribution is 2.18. The first-order valence-electron chi connectivity index (χ1n) is 8.08. The van der Waals surface area contributed by atoms with Gasteiger partial charge >= 0.3 is 6.03 Å². The first-order chi connectivity index (χ1) is 11.7. The van der Waals surface area contributed by atoms with Crippen molar-refractivity contribution >= 4 is 11.9 Å². The lowest BCUT2D eigenvalue weighted by molar-refractivity contribution is 0.0963. The van der Waals surface area contributed by atoms with Crippen LogP contribution in [0.15, 0.2) is 48.5 Å². The Morgan fingerprint density at radius 1 is 1.04 bits per heavy atom. The Kier molecular flexibility index (Phi) is 4.79. The van der Waals surface area contributed by atoms with Crippen LogP contribution >= 0.6 is 0 Å². The number of amides is 3. The van der Waals surface area contributed by atoms with Gasteiger partial charge in [0.25, 0.3) is 5.91 Å². The molecule has 3 amide bonds. The zero-order chi connectivity index (χ0) is 16.9. The van der Waals surface area contributed by atoms with E-state index in [-0.39, 0.29) is 11.9 Å². The molecule has 0 aromatic heterocycles. The van der Waals surface area contributed by atoms with E-state index in [1.165, 1.54) is 11.1 Å². The summed E-state index contributed by atoms with van der Waals surface area (Å²) in [6, 6.07) is 15.4. The van der Waals surface area contributed by atoms with Gasteiger partial charge in [-0.25, -0.2) is 4.79 Å². The second-order valence-corrected chi connectivity index (χ2v) is 5.88. The Labute approximate surface area is 141 Å². The molecule has 0 bridgehead atoms. The van der Waals surface area contributed by atoms with Crippen molar-refractivity contribution in [3.63, 3.8) is 0 Å². The number of carbonyl (C=O) groups excluding carboxylic acids is 2. The Morgan fingerprint density at radius 2 is 1.75 bits per heavy atom. The minimum atomic E-state index is -0.113. The molecule has 1 aliphatic rings. The van der Waals surface area contributed by atoms with E-state index in [4.69, 9.17) is 0 Å². The van der Waals surface area contributed by atoms with Crippen LogP contribution < -0.4 is 10.6 Å². The minimum Gasteiger partial charge on any atom is -0.355 e. The van der Waals surface area contributed by atoms with Crippen LogP contribution in [-0.4, -0.2) is 30.4 Å². The minimum absolute atomic E-state index is 0.0557. The van der Waals surface area contributed by atoms with Gasteiger partial charge in [0, 0.05) is 32.2 Å². The number of fused-ring (bicyclic) bond motifs is 1. The molecule has 0 unspecified atom stereocenters. The molecule has 5 heteroatoms. The van der Waals surface area contributed by atoms with Crippen molar-refractivity contribution in [1.29, 1.82) is 0 Å². The van der Waals surface area contributed by atoms with Crippen molar-refractivity contribution in [1.82, 2.24) is 15.5 Å². The lowest BCUT2D eigenvalue weighted by Crippen LogP contribution is -2.42. The summed E-state index contributed by atoms with van der Waals surface area (Å²) in [7, 11) is 1.60. The molecular weight excluding hydrogens is 302 g/mol. The van der Waals surface area contributed by atoms with Crippen LogP contribution in [0.2, 0.25) is 0 Å². The van der Waals surface area contributed by atoms with Gasteiger partial charge in [0.2, 0.25) is 0 Å². The summed E-state index contributed by atoms with van der Waals surface area (Å²) in [6.07, 6.45) is 0.893. The number of hydrogen-bond donors (Lipinski definition) is 2. The number of carbonyl (C=O) groups is 2. The standard InChI is InChI=1S/C19H21N3O2/c1-20-18(23)16-8-6-14(7-9-16)12-21-19(24)22-11-10-15-4-2-3-5-17(15)13-22/h2-9H,10-13H2,1H3,(H,20,23)(H,21,24). The number of nitrogens with one attached hydrogen (secondary N) is 2. The summed E-state index contributed by atoms with van der Waals surface area (Å²) < 4.78 is 0. The van der Waals surface area contributed by atoms with Gasteiger partial charge < -0.3 is 15.5 Å². The first-order valence-corrected chi connectivity index (χ1v) is 8.08. The molecule has 0 atom stereocenters. The third-order valence-corrected chi connectivity index (χ3v) is 4.30. The molecule has 1 aliphatic heterocycles. The van der Waals surface area contributed by atoms with Gasteiger partial charge in [-0.1, -0.05) is 36.4 Å². The van der Waals surface area contributed by atoms with E-state index in [1.54, 1.807) is 19.2 Å². The van der Waals surface area contributed by atoms with E-state index in [0.29, 0.717) is 18.7 Å². The van der Waals surface area contributed by atoms with Gasteiger partial charge in [-0.05, 0) is 35.2 Å². The van der Waals surface area contributed by atoms with Crippen LogP contribution in [0.25, 0.3) is 0 Å². The van der Waals surface area contributed by atoms with Gasteiger partial charge in [0.15, 0.2) is 0 Å². The van der Waals surface area contributed by atoms with Crippen LogP contribution in [0.4, 0.5) is 4.79 Å². The van der Waals surface area contributed by atoms with Crippen LogP contribution in [0.3, 0.4) is 0 Å². The summed E-state index contributed by atoms with van der Waals surface area (Å²) in [5, 5.41) is 5.54. The van der Waals surface area contributed by atoms with Crippen molar-refractivity contribution in [2.24, 2.45) is 0 Å². The van der Waals surface area contributed by atoms with E-state index in [1.807, 2.05) is 29.2 Å². The van der Waals surface area contributed by atoms with E-state index >= 15 is 0 Å². The van der Waals surface area contributed by atoms with Gasteiger partial charge in [0.05, 0.1) is 0 Å². The largest absolute Gasteiger partial charge is 0.355 e. The molecule has 2 aromatic carbocycles. The monoisotopic (exact) mass is 323 g/mol. The lowest BCUT2D eigenvalue weighted by Gasteiger charge is -2.29. The lowest BCUT2D eigenvalue weighted by atomic mass is 10.0. The summed E-state index contributed by atoms with van der Waals surface area (Å²) in [5.74, 6) is -0.113. The second-order valence-electron chi connectivity index (χ2n) is 5.88. The molecule has 24 heavy (non-hydrogen) atoms. The number of urea groups is 1. The molecule has 5 nitrogen and oxygen atoms in total. The molecule has 2 aromatic rings. The predicted octanol–water partition coefficient (Wildman–Crippen LogP) is 2.31.